The normalized spacial score (nSPS) is 13.1. The number of nitrogens with zero attached hydrogens (tertiary/aromatic N) is 1. The minimum Gasteiger partial charge on any atom is -0.486 e. The molecule has 0 saturated heterocycles. The van der Waals surface area contributed by atoms with Gasteiger partial charge in [-0.25, -0.2) is 4.98 Å². The molecule has 4 nitrogen and oxygen atoms in total. The first-order valence-electron chi connectivity index (χ1n) is 6.16. The van der Waals surface area contributed by atoms with Crippen molar-refractivity contribution in [2.75, 3.05) is 18.5 Å². The third kappa shape index (κ3) is 2.92. The Hall–Kier alpha value is -1.65. The van der Waals surface area contributed by atoms with Crippen LogP contribution in [0.15, 0.2) is 30.5 Å². The molecule has 104 valence electrons. The number of aromatic nitrogens is 1. The molecule has 0 radical (unpaired) electrons. The van der Waals surface area contributed by atoms with Crippen molar-refractivity contribution in [2.45, 2.75) is 6.54 Å². The lowest BCUT2D eigenvalue weighted by molar-refractivity contribution is 0.171. The zero-order valence-electron chi connectivity index (χ0n) is 10.5. The minimum absolute atomic E-state index is 0.470. The molecule has 1 aromatic heterocycles. The van der Waals surface area contributed by atoms with Crippen LogP contribution < -0.4 is 14.8 Å². The van der Waals surface area contributed by atoms with E-state index in [0.29, 0.717) is 41.4 Å². The zero-order chi connectivity index (χ0) is 13.9. The molecule has 2 aromatic rings. The first-order valence-corrected chi connectivity index (χ1v) is 6.91. The Morgan fingerprint density at radius 2 is 2.00 bits per heavy atom. The lowest BCUT2D eigenvalue weighted by Gasteiger charge is -2.20. The number of ether oxygens (including phenoxy) is 2. The quantitative estimate of drug-likeness (QED) is 0.876. The molecule has 20 heavy (non-hydrogen) atoms. The molecule has 1 N–H and O–H groups in total. The highest BCUT2D eigenvalue weighted by Gasteiger charge is 2.16. The van der Waals surface area contributed by atoms with Gasteiger partial charge in [-0.3, -0.25) is 0 Å². The predicted molar refractivity (Wildman–Crippen MR) is 79.0 cm³/mol. The molecule has 2 heterocycles. The Morgan fingerprint density at radius 1 is 1.15 bits per heavy atom. The second kappa shape index (κ2) is 5.77. The summed E-state index contributed by atoms with van der Waals surface area (Å²) >= 11 is 11.9. The standard InChI is InChI=1S/C14H12Cl2N2O2/c15-11-5-9(6-12-14(11)20-4-3-19-12)7-17-10-1-2-13(16)18-8-10/h1-2,5-6,8,17H,3-4,7H2. The van der Waals surface area contributed by atoms with Gasteiger partial charge in [0.15, 0.2) is 11.5 Å². The zero-order valence-corrected chi connectivity index (χ0v) is 12.0. The average Bonchev–Trinajstić information content (AvgIpc) is 2.47. The van der Waals surface area contributed by atoms with Crippen LogP contribution in [0.3, 0.4) is 0 Å². The summed E-state index contributed by atoms with van der Waals surface area (Å²) in [6.45, 7) is 1.68. The smallest absolute Gasteiger partial charge is 0.179 e. The maximum atomic E-state index is 6.19. The van der Waals surface area contributed by atoms with E-state index in [1.165, 1.54) is 0 Å². The number of halogens is 2. The minimum atomic E-state index is 0.470. The van der Waals surface area contributed by atoms with Gasteiger partial charge in [-0.2, -0.15) is 0 Å². The van der Waals surface area contributed by atoms with Crippen LogP contribution in [0, 0.1) is 0 Å². The van der Waals surface area contributed by atoms with Gasteiger partial charge in [0.05, 0.1) is 16.9 Å². The molecule has 0 amide bonds. The number of nitrogens with one attached hydrogen (secondary N) is 1. The van der Waals surface area contributed by atoms with Crippen molar-refractivity contribution in [3.63, 3.8) is 0 Å². The van der Waals surface area contributed by atoms with Gasteiger partial charge >= 0.3 is 0 Å². The van der Waals surface area contributed by atoms with Crippen LogP contribution in [-0.4, -0.2) is 18.2 Å². The van der Waals surface area contributed by atoms with Crippen LogP contribution >= 0.6 is 23.2 Å². The van der Waals surface area contributed by atoms with Crippen molar-refractivity contribution in [3.05, 3.63) is 46.2 Å². The lowest BCUT2D eigenvalue weighted by atomic mass is 10.2. The Kier molecular flexibility index (Phi) is 3.85. The van der Waals surface area contributed by atoms with Crippen molar-refractivity contribution in [3.8, 4) is 11.5 Å². The topological polar surface area (TPSA) is 43.4 Å². The monoisotopic (exact) mass is 310 g/mol. The highest BCUT2D eigenvalue weighted by molar-refractivity contribution is 6.32. The molecule has 1 aliphatic rings. The van der Waals surface area contributed by atoms with Crippen molar-refractivity contribution >= 4 is 28.9 Å². The Bertz CT molecular complexity index is 617. The van der Waals surface area contributed by atoms with Crippen LogP contribution in [-0.2, 0) is 6.54 Å². The molecule has 0 bridgehead atoms. The van der Waals surface area contributed by atoms with Crippen LogP contribution in [0.25, 0.3) is 0 Å². The van der Waals surface area contributed by atoms with Crippen molar-refractivity contribution in [1.82, 2.24) is 4.98 Å². The van der Waals surface area contributed by atoms with Crippen LogP contribution in [0.4, 0.5) is 5.69 Å². The fraction of sp³-hybridized carbons (Fsp3) is 0.214. The summed E-state index contributed by atoms with van der Waals surface area (Å²) in [6.07, 6.45) is 1.68. The summed E-state index contributed by atoms with van der Waals surface area (Å²) in [7, 11) is 0. The molecule has 6 heteroatoms. The maximum absolute atomic E-state index is 6.19. The van der Waals surface area contributed by atoms with Gasteiger partial charge in [-0.05, 0) is 29.8 Å². The third-order valence-corrected chi connectivity index (χ3v) is 3.38. The van der Waals surface area contributed by atoms with E-state index in [2.05, 4.69) is 10.3 Å². The summed E-state index contributed by atoms with van der Waals surface area (Å²) in [5, 5.41) is 4.28. The molecule has 0 aliphatic carbocycles. The van der Waals surface area contributed by atoms with Gasteiger partial charge < -0.3 is 14.8 Å². The summed E-state index contributed by atoms with van der Waals surface area (Å²) in [5.41, 5.74) is 1.90. The molecule has 0 unspecified atom stereocenters. The van der Waals surface area contributed by atoms with Gasteiger partial charge in [0.2, 0.25) is 0 Å². The molecule has 1 aliphatic heterocycles. The maximum Gasteiger partial charge on any atom is 0.179 e. The van der Waals surface area contributed by atoms with Crippen molar-refractivity contribution in [2.24, 2.45) is 0 Å². The van der Waals surface area contributed by atoms with E-state index in [4.69, 9.17) is 32.7 Å². The number of hydrogen-bond donors (Lipinski definition) is 1. The molecule has 1 aromatic carbocycles. The summed E-state index contributed by atoms with van der Waals surface area (Å²) in [4.78, 5) is 4.01. The number of rotatable bonds is 3. The van der Waals surface area contributed by atoms with Crippen molar-refractivity contribution in [1.29, 1.82) is 0 Å². The van der Waals surface area contributed by atoms with E-state index in [1.807, 2.05) is 18.2 Å². The number of benzene rings is 1. The first kappa shape index (κ1) is 13.3. The van der Waals surface area contributed by atoms with Crippen LogP contribution in [0.5, 0.6) is 11.5 Å². The number of anilines is 1. The first-order chi connectivity index (χ1) is 9.72. The molecular weight excluding hydrogens is 299 g/mol. The molecular formula is C14H12Cl2N2O2. The summed E-state index contributed by atoms with van der Waals surface area (Å²) in [6, 6.07) is 7.40. The number of fused-ring (bicyclic) bond motifs is 1. The van der Waals surface area contributed by atoms with E-state index in [9.17, 15) is 0 Å². The van der Waals surface area contributed by atoms with E-state index in [-0.39, 0.29) is 0 Å². The lowest BCUT2D eigenvalue weighted by Crippen LogP contribution is -2.16. The third-order valence-electron chi connectivity index (χ3n) is 2.88. The van der Waals surface area contributed by atoms with Gasteiger partial charge in [0.25, 0.3) is 0 Å². The van der Waals surface area contributed by atoms with Crippen LogP contribution in [0.2, 0.25) is 10.2 Å². The molecule has 0 saturated carbocycles. The Morgan fingerprint density at radius 3 is 2.80 bits per heavy atom. The molecule has 0 spiro atoms. The molecule has 0 fully saturated rings. The van der Waals surface area contributed by atoms with E-state index in [0.717, 1.165) is 11.3 Å². The average molecular weight is 311 g/mol. The largest absolute Gasteiger partial charge is 0.486 e. The van der Waals surface area contributed by atoms with E-state index in [1.54, 1.807) is 12.3 Å². The van der Waals surface area contributed by atoms with Crippen LogP contribution in [0.1, 0.15) is 5.56 Å². The highest BCUT2D eigenvalue weighted by Crippen LogP contribution is 2.38. The van der Waals surface area contributed by atoms with Crippen molar-refractivity contribution < 1.29 is 9.47 Å². The highest BCUT2D eigenvalue weighted by atomic mass is 35.5. The van der Waals surface area contributed by atoms with Gasteiger partial charge in [-0.15, -0.1) is 0 Å². The van der Waals surface area contributed by atoms with E-state index >= 15 is 0 Å². The second-order valence-corrected chi connectivity index (χ2v) is 5.12. The number of pyridine rings is 1. The predicted octanol–water partition coefficient (Wildman–Crippen LogP) is 3.77. The Labute approximate surface area is 126 Å². The fourth-order valence-corrected chi connectivity index (χ4v) is 2.35. The SMILES string of the molecule is Clc1ccc(NCc2cc(Cl)c3c(c2)OCCO3)cn1. The summed E-state index contributed by atoms with van der Waals surface area (Å²) < 4.78 is 11.0. The number of hydrogen-bond acceptors (Lipinski definition) is 4. The van der Waals surface area contributed by atoms with Gasteiger partial charge in [0.1, 0.15) is 18.4 Å². The second-order valence-electron chi connectivity index (χ2n) is 4.32. The van der Waals surface area contributed by atoms with Gasteiger partial charge in [0, 0.05) is 6.54 Å². The molecule has 0 atom stereocenters. The molecule has 3 rings (SSSR count). The van der Waals surface area contributed by atoms with Gasteiger partial charge in [-0.1, -0.05) is 23.2 Å². The fourth-order valence-electron chi connectivity index (χ4n) is 1.95. The Balaban J connectivity index is 1.74. The van der Waals surface area contributed by atoms with E-state index < -0.39 is 0 Å². The summed E-state index contributed by atoms with van der Waals surface area (Å²) in [5.74, 6) is 1.31.